The lowest BCUT2D eigenvalue weighted by Gasteiger charge is -2.10. The van der Waals surface area contributed by atoms with E-state index in [9.17, 15) is 0 Å². The van der Waals surface area contributed by atoms with E-state index in [4.69, 9.17) is 5.26 Å². The van der Waals surface area contributed by atoms with Crippen molar-refractivity contribution in [3.8, 4) is 16.8 Å². The second-order valence-corrected chi connectivity index (χ2v) is 4.14. The number of nitrogens with zero attached hydrogens (tertiary/aromatic N) is 3. The maximum absolute atomic E-state index is 9.02. The van der Waals surface area contributed by atoms with Gasteiger partial charge in [0.1, 0.15) is 6.04 Å². The fourth-order valence-electron chi connectivity index (χ4n) is 1.51. The molecule has 0 saturated heterocycles. The minimum atomic E-state index is -0.121. The van der Waals surface area contributed by atoms with Crippen LogP contribution >= 0.6 is 11.3 Å². The van der Waals surface area contributed by atoms with E-state index in [-0.39, 0.29) is 6.04 Å². The van der Waals surface area contributed by atoms with Gasteiger partial charge in [-0.1, -0.05) is 13.0 Å². The molecule has 0 bridgehead atoms. The fourth-order valence-corrected chi connectivity index (χ4v) is 2.24. The summed E-state index contributed by atoms with van der Waals surface area (Å²) >= 11 is 1.64. The summed E-state index contributed by atoms with van der Waals surface area (Å²) < 4.78 is 1.94. The van der Waals surface area contributed by atoms with Crippen molar-refractivity contribution in [2.24, 2.45) is 0 Å². The van der Waals surface area contributed by atoms with Gasteiger partial charge < -0.3 is 4.57 Å². The van der Waals surface area contributed by atoms with Crippen molar-refractivity contribution in [1.82, 2.24) is 9.55 Å². The summed E-state index contributed by atoms with van der Waals surface area (Å²) in [6.07, 6.45) is 4.41. The quantitative estimate of drug-likeness (QED) is 0.792. The number of aromatic nitrogens is 2. The van der Waals surface area contributed by atoms with Crippen LogP contribution in [0.5, 0.6) is 0 Å². The van der Waals surface area contributed by atoms with Gasteiger partial charge in [-0.05, 0) is 17.9 Å². The molecule has 76 valence electrons. The van der Waals surface area contributed by atoms with Gasteiger partial charge in [0, 0.05) is 12.4 Å². The zero-order valence-electron chi connectivity index (χ0n) is 8.42. The van der Waals surface area contributed by atoms with Crippen LogP contribution < -0.4 is 0 Å². The molecule has 4 heteroatoms. The molecule has 2 aromatic heterocycles. The van der Waals surface area contributed by atoms with Gasteiger partial charge in [0.05, 0.1) is 10.9 Å². The van der Waals surface area contributed by atoms with Crippen LogP contribution in [0.3, 0.4) is 0 Å². The highest BCUT2D eigenvalue weighted by atomic mass is 32.1. The van der Waals surface area contributed by atoms with Gasteiger partial charge in [0.25, 0.3) is 0 Å². The maximum Gasteiger partial charge on any atom is 0.151 e. The van der Waals surface area contributed by atoms with E-state index >= 15 is 0 Å². The van der Waals surface area contributed by atoms with E-state index in [1.165, 1.54) is 0 Å². The standard InChI is InChI=1S/C11H11N3S/c1-2-9(8-12)14-6-5-13-11(14)10-4-3-7-15-10/h3-7,9H,2H2,1H3. The Morgan fingerprint density at radius 3 is 3.13 bits per heavy atom. The van der Waals surface area contributed by atoms with Crippen molar-refractivity contribution in [2.45, 2.75) is 19.4 Å². The molecule has 0 N–H and O–H groups in total. The van der Waals surface area contributed by atoms with Crippen LogP contribution in [0.2, 0.25) is 0 Å². The number of nitriles is 1. The van der Waals surface area contributed by atoms with E-state index in [1.807, 2.05) is 35.2 Å². The van der Waals surface area contributed by atoms with E-state index in [0.29, 0.717) is 0 Å². The molecule has 0 amide bonds. The lowest BCUT2D eigenvalue weighted by molar-refractivity contribution is 0.603. The Hall–Kier alpha value is -1.60. The van der Waals surface area contributed by atoms with E-state index in [0.717, 1.165) is 17.1 Å². The Morgan fingerprint density at radius 2 is 2.53 bits per heavy atom. The summed E-state index contributed by atoms with van der Waals surface area (Å²) in [4.78, 5) is 5.40. The van der Waals surface area contributed by atoms with Crippen LogP contribution in [0.1, 0.15) is 19.4 Å². The van der Waals surface area contributed by atoms with Gasteiger partial charge in [-0.15, -0.1) is 11.3 Å². The summed E-state index contributed by atoms with van der Waals surface area (Å²) in [5, 5.41) is 11.0. The largest absolute Gasteiger partial charge is 0.314 e. The average molecular weight is 217 g/mol. The normalized spacial score (nSPS) is 12.3. The lowest BCUT2D eigenvalue weighted by atomic mass is 10.2. The number of imidazole rings is 1. The molecule has 0 saturated carbocycles. The van der Waals surface area contributed by atoms with Crippen LogP contribution in [0, 0.1) is 11.3 Å². The van der Waals surface area contributed by atoms with Gasteiger partial charge in [-0.25, -0.2) is 4.98 Å². The molecule has 0 aliphatic carbocycles. The van der Waals surface area contributed by atoms with Crippen molar-refractivity contribution >= 4 is 11.3 Å². The Balaban J connectivity index is 2.43. The maximum atomic E-state index is 9.02. The first kappa shape index (κ1) is 9.94. The van der Waals surface area contributed by atoms with E-state index in [2.05, 4.69) is 11.1 Å². The zero-order valence-corrected chi connectivity index (χ0v) is 9.24. The number of rotatable bonds is 3. The highest BCUT2D eigenvalue weighted by molar-refractivity contribution is 7.13. The van der Waals surface area contributed by atoms with Crippen molar-refractivity contribution in [2.75, 3.05) is 0 Å². The number of thiophene rings is 1. The lowest BCUT2D eigenvalue weighted by Crippen LogP contribution is -2.05. The van der Waals surface area contributed by atoms with Crippen molar-refractivity contribution in [3.63, 3.8) is 0 Å². The van der Waals surface area contributed by atoms with Crippen molar-refractivity contribution in [3.05, 3.63) is 29.9 Å². The van der Waals surface area contributed by atoms with Gasteiger partial charge in [0.2, 0.25) is 0 Å². The van der Waals surface area contributed by atoms with E-state index < -0.39 is 0 Å². The van der Waals surface area contributed by atoms with Gasteiger partial charge in [-0.2, -0.15) is 5.26 Å². The van der Waals surface area contributed by atoms with Crippen molar-refractivity contribution in [1.29, 1.82) is 5.26 Å². The SMILES string of the molecule is CCC(C#N)n1ccnc1-c1cccs1. The molecule has 2 rings (SSSR count). The molecular formula is C11H11N3S. The van der Waals surface area contributed by atoms with E-state index in [1.54, 1.807) is 17.5 Å². The van der Waals surface area contributed by atoms with Crippen LogP contribution in [-0.4, -0.2) is 9.55 Å². The summed E-state index contributed by atoms with van der Waals surface area (Å²) in [7, 11) is 0. The van der Waals surface area contributed by atoms with Crippen LogP contribution in [0.15, 0.2) is 29.9 Å². The topological polar surface area (TPSA) is 41.6 Å². The van der Waals surface area contributed by atoms with Crippen molar-refractivity contribution < 1.29 is 0 Å². The number of hydrogen-bond acceptors (Lipinski definition) is 3. The second kappa shape index (κ2) is 4.28. The predicted octanol–water partition coefficient (Wildman–Crippen LogP) is 3.09. The summed E-state index contributed by atoms with van der Waals surface area (Å²) in [6, 6.07) is 6.18. The summed E-state index contributed by atoms with van der Waals surface area (Å²) in [5.41, 5.74) is 0. The Kier molecular flexibility index (Phi) is 2.84. The molecule has 3 nitrogen and oxygen atoms in total. The molecule has 0 radical (unpaired) electrons. The molecule has 2 heterocycles. The Labute approximate surface area is 92.6 Å². The predicted molar refractivity (Wildman–Crippen MR) is 60.5 cm³/mol. The molecule has 0 aliphatic heterocycles. The molecule has 15 heavy (non-hydrogen) atoms. The van der Waals surface area contributed by atoms with Gasteiger partial charge in [0.15, 0.2) is 5.82 Å². The smallest absolute Gasteiger partial charge is 0.151 e. The first-order chi connectivity index (χ1) is 7.36. The van der Waals surface area contributed by atoms with Gasteiger partial charge >= 0.3 is 0 Å². The number of hydrogen-bond donors (Lipinski definition) is 0. The molecule has 1 unspecified atom stereocenters. The average Bonchev–Trinajstić information content (AvgIpc) is 2.88. The monoisotopic (exact) mass is 217 g/mol. The van der Waals surface area contributed by atoms with Crippen LogP contribution in [-0.2, 0) is 0 Å². The molecule has 0 aromatic carbocycles. The fraction of sp³-hybridized carbons (Fsp3) is 0.273. The first-order valence-electron chi connectivity index (χ1n) is 4.83. The third-order valence-corrected chi connectivity index (χ3v) is 3.15. The third-order valence-electron chi connectivity index (χ3n) is 2.28. The molecule has 0 spiro atoms. The molecular weight excluding hydrogens is 206 g/mol. The minimum absolute atomic E-state index is 0.121. The zero-order chi connectivity index (χ0) is 10.7. The third kappa shape index (κ3) is 1.79. The summed E-state index contributed by atoms with van der Waals surface area (Å²) in [5.74, 6) is 0.887. The van der Waals surface area contributed by atoms with Gasteiger partial charge in [-0.3, -0.25) is 0 Å². The highest BCUT2D eigenvalue weighted by Crippen LogP contribution is 2.26. The van der Waals surface area contributed by atoms with Crippen LogP contribution in [0.4, 0.5) is 0 Å². The second-order valence-electron chi connectivity index (χ2n) is 3.19. The Bertz CT molecular complexity index is 464. The first-order valence-corrected chi connectivity index (χ1v) is 5.71. The molecule has 2 aromatic rings. The summed E-state index contributed by atoms with van der Waals surface area (Å²) in [6.45, 7) is 2.01. The molecule has 1 atom stereocenters. The minimum Gasteiger partial charge on any atom is -0.314 e. The van der Waals surface area contributed by atoms with Crippen LogP contribution in [0.25, 0.3) is 10.7 Å². The Morgan fingerprint density at radius 1 is 1.67 bits per heavy atom. The highest BCUT2D eigenvalue weighted by Gasteiger charge is 2.13. The molecule has 0 fully saturated rings. The molecule has 0 aliphatic rings.